The van der Waals surface area contributed by atoms with Crippen LogP contribution < -0.4 is 10.2 Å². The van der Waals surface area contributed by atoms with Crippen LogP contribution in [0.1, 0.15) is 46.8 Å². The second-order valence-corrected chi connectivity index (χ2v) is 10.7. The summed E-state index contributed by atoms with van der Waals surface area (Å²) in [5.41, 5.74) is 4.31. The lowest BCUT2D eigenvalue weighted by atomic mass is 10.1. The van der Waals surface area contributed by atoms with Crippen molar-refractivity contribution in [3.8, 4) is 0 Å². The van der Waals surface area contributed by atoms with Crippen LogP contribution in [0.25, 0.3) is 0 Å². The van der Waals surface area contributed by atoms with E-state index in [1.165, 1.54) is 11.8 Å². The zero-order valence-electron chi connectivity index (χ0n) is 21.1. The van der Waals surface area contributed by atoms with E-state index < -0.39 is 20.9 Å². The number of rotatable bonds is 10. The highest BCUT2D eigenvalue weighted by molar-refractivity contribution is 7.90. The maximum absolute atomic E-state index is 13.5. The molecule has 0 atom stereocenters. The molecule has 0 aliphatic heterocycles. The zero-order chi connectivity index (χ0) is 26.4. The summed E-state index contributed by atoms with van der Waals surface area (Å²) in [6.45, 7) is 4.91. The standard InChI is InChI=1S/C28H30N4O4S/c1-4-20-8-10-22(11-9-20)18-32(19-24-7-6-16-36-24)25-17-29-28(37(3,34)35)31-26(25)27(33)30-23-14-12-21(5-2)13-15-23/h6-17H,4-5,18-19H2,1-3H3,(H,30,33). The molecule has 2 aromatic carbocycles. The summed E-state index contributed by atoms with van der Waals surface area (Å²) >= 11 is 0. The van der Waals surface area contributed by atoms with Crippen molar-refractivity contribution in [1.29, 1.82) is 0 Å². The molecule has 192 valence electrons. The van der Waals surface area contributed by atoms with Crippen LogP contribution in [-0.4, -0.2) is 30.5 Å². The molecule has 0 aliphatic rings. The Morgan fingerprint density at radius 1 is 0.919 bits per heavy atom. The molecule has 4 rings (SSSR count). The van der Waals surface area contributed by atoms with Gasteiger partial charge in [-0.1, -0.05) is 50.2 Å². The number of aryl methyl sites for hydroxylation is 2. The van der Waals surface area contributed by atoms with E-state index in [2.05, 4.69) is 41.3 Å². The molecule has 0 spiro atoms. The first kappa shape index (κ1) is 26.1. The highest BCUT2D eigenvalue weighted by Gasteiger charge is 2.24. The van der Waals surface area contributed by atoms with Gasteiger partial charge < -0.3 is 14.6 Å². The van der Waals surface area contributed by atoms with Crippen molar-refractivity contribution in [1.82, 2.24) is 9.97 Å². The number of sulfone groups is 1. The first-order valence-electron chi connectivity index (χ1n) is 12.1. The quantitative estimate of drug-likeness (QED) is 0.293. The van der Waals surface area contributed by atoms with Gasteiger partial charge in [0.1, 0.15) is 5.76 Å². The second kappa shape index (κ2) is 11.4. The minimum absolute atomic E-state index is 0.0354. The zero-order valence-corrected chi connectivity index (χ0v) is 22.0. The summed E-state index contributed by atoms with van der Waals surface area (Å²) in [4.78, 5) is 23.7. The van der Waals surface area contributed by atoms with Gasteiger partial charge in [-0.3, -0.25) is 4.79 Å². The number of benzene rings is 2. The minimum Gasteiger partial charge on any atom is -0.467 e. The van der Waals surface area contributed by atoms with E-state index in [1.54, 1.807) is 12.3 Å². The summed E-state index contributed by atoms with van der Waals surface area (Å²) in [7, 11) is -3.74. The van der Waals surface area contributed by atoms with E-state index in [9.17, 15) is 13.2 Å². The van der Waals surface area contributed by atoms with Crippen molar-refractivity contribution in [2.24, 2.45) is 0 Å². The van der Waals surface area contributed by atoms with Crippen molar-refractivity contribution < 1.29 is 17.6 Å². The third-order valence-electron chi connectivity index (χ3n) is 5.99. The SMILES string of the molecule is CCc1ccc(CN(Cc2ccco2)c2cnc(S(C)(=O)=O)nc2C(=O)Nc2ccc(CC)cc2)cc1. The Labute approximate surface area is 217 Å². The topological polar surface area (TPSA) is 105 Å². The van der Waals surface area contributed by atoms with Crippen LogP contribution in [0.2, 0.25) is 0 Å². The van der Waals surface area contributed by atoms with Gasteiger partial charge in [0.2, 0.25) is 15.0 Å². The van der Waals surface area contributed by atoms with Gasteiger partial charge >= 0.3 is 0 Å². The molecule has 0 saturated carbocycles. The van der Waals surface area contributed by atoms with Crippen LogP contribution in [0.4, 0.5) is 11.4 Å². The molecule has 9 heteroatoms. The number of furan rings is 1. The normalized spacial score (nSPS) is 11.3. The smallest absolute Gasteiger partial charge is 0.276 e. The van der Waals surface area contributed by atoms with Crippen molar-refractivity contribution >= 4 is 27.1 Å². The van der Waals surface area contributed by atoms with E-state index in [4.69, 9.17) is 4.42 Å². The summed E-state index contributed by atoms with van der Waals surface area (Å²) < 4.78 is 30.1. The largest absolute Gasteiger partial charge is 0.467 e. The van der Waals surface area contributed by atoms with E-state index in [0.717, 1.165) is 30.2 Å². The molecular weight excluding hydrogens is 488 g/mol. The monoisotopic (exact) mass is 518 g/mol. The maximum Gasteiger partial charge on any atom is 0.276 e. The van der Waals surface area contributed by atoms with Gasteiger partial charge in [-0.15, -0.1) is 0 Å². The van der Waals surface area contributed by atoms with Gasteiger partial charge in [0.25, 0.3) is 5.91 Å². The first-order chi connectivity index (χ1) is 17.8. The van der Waals surface area contributed by atoms with Gasteiger partial charge in [0, 0.05) is 18.5 Å². The molecule has 0 radical (unpaired) electrons. The van der Waals surface area contributed by atoms with Crippen molar-refractivity contribution in [3.63, 3.8) is 0 Å². The fourth-order valence-corrected chi connectivity index (χ4v) is 4.37. The molecule has 0 fully saturated rings. The molecule has 0 saturated heterocycles. The van der Waals surface area contributed by atoms with Gasteiger partial charge in [-0.2, -0.15) is 0 Å². The molecule has 1 N–H and O–H groups in total. The highest BCUT2D eigenvalue weighted by Crippen LogP contribution is 2.26. The Morgan fingerprint density at radius 2 is 1.54 bits per heavy atom. The number of carbonyl (C=O) groups excluding carboxylic acids is 1. The molecule has 37 heavy (non-hydrogen) atoms. The van der Waals surface area contributed by atoms with Crippen LogP contribution in [0.15, 0.2) is 82.7 Å². The Kier molecular flexibility index (Phi) is 8.03. The van der Waals surface area contributed by atoms with Crippen molar-refractivity contribution in [3.05, 3.63) is 101 Å². The second-order valence-electron chi connectivity index (χ2n) is 8.77. The van der Waals surface area contributed by atoms with Crippen LogP contribution in [0.5, 0.6) is 0 Å². The summed E-state index contributed by atoms with van der Waals surface area (Å²) in [5.74, 6) is 0.149. The summed E-state index contributed by atoms with van der Waals surface area (Å²) in [6.07, 6.45) is 5.80. The number of anilines is 2. The van der Waals surface area contributed by atoms with Crippen LogP contribution in [0, 0.1) is 0 Å². The molecule has 0 aliphatic carbocycles. The van der Waals surface area contributed by atoms with E-state index in [-0.39, 0.29) is 5.69 Å². The van der Waals surface area contributed by atoms with Gasteiger partial charge in [-0.05, 0) is 53.8 Å². The maximum atomic E-state index is 13.5. The van der Waals surface area contributed by atoms with E-state index >= 15 is 0 Å². The lowest BCUT2D eigenvalue weighted by Gasteiger charge is -2.25. The third-order valence-corrected chi connectivity index (χ3v) is 6.85. The fourth-order valence-electron chi connectivity index (χ4n) is 3.87. The summed E-state index contributed by atoms with van der Waals surface area (Å²) in [5, 5.41) is 2.44. The molecule has 2 heterocycles. The van der Waals surface area contributed by atoms with Crippen molar-refractivity contribution in [2.45, 2.75) is 44.9 Å². The Morgan fingerprint density at radius 3 is 2.11 bits per heavy atom. The number of hydrogen-bond acceptors (Lipinski definition) is 7. The molecule has 8 nitrogen and oxygen atoms in total. The number of carbonyl (C=O) groups is 1. The van der Waals surface area contributed by atoms with Crippen LogP contribution in [0.3, 0.4) is 0 Å². The number of nitrogens with zero attached hydrogens (tertiary/aromatic N) is 3. The molecule has 0 bridgehead atoms. The molecular formula is C28H30N4O4S. The average Bonchev–Trinajstić information content (AvgIpc) is 3.41. The fraction of sp³-hybridized carbons (Fsp3) is 0.250. The van der Waals surface area contributed by atoms with Crippen molar-refractivity contribution in [2.75, 3.05) is 16.5 Å². The Bertz CT molecular complexity index is 1450. The van der Waals surface area contributed by atoms with Gasteiger partial charge in [-0.25, -0.2) is 18.4 Å². The lowest BCUT2D eigenvalue weighted by Crippen LogP contribution is -2.27. The molecule has 2 aromatic heterocycles. The number of aromatic nitrogens is 2. The predicted molar refractivity (Wildman–Crippen MR) is 143 cm³/mol. The molecule has 0 unspecified atom stereocenters. The average molecular weight is 519 g/mol. The summed E-state index contributed by atoms with van der Waals surface area (Å²) in [6, 6.07) is 19.3. The van der Waals surface area contributed by atoms with E-state index in [0.29, 0.717) is 30.2 Å². The number of nitrogens with one attached hydrogen (secondary N) is 1. The van der Waals surface area contributed by atoms with E-state index in [1.807, 2.05) is 47.4 Å². The Balaban J connectivity index is 1.75. The highest BCUT2D eigenvalue weighted by atomic mass is 32.2. The predicted octanol–water partition coefficient (Wildman–Crippen LogP) is 5.06. The molecule has 1 amide bonds. The molecule has 4 aromatic rings. The minimum atomic E-state index is -3.74. The lowest BCUT2D eigenvalue weighted by molar-refractivity contribution is 0.102. The van der Waals surface area contributed by atoms with Crippen LogP contribution in [-0.2, 0) is 35.8 Å². The third kappa shape index (κ3) is 6.62. The number of amides is 1. The number of hydrogen-bond donors (Lipinski definition) is 1. The van der Waals surface area contributed by atoms with Crippen LogP contribution >= 0.6 is 0 Å². The first-order valence-corrected chi connectivity index (χ1v) is 14.0. The van der Waals surface area contributed by atoms with Gasteiger partial charge in [0.15, 0.2) is 5.69 Å². The Hall–Kier alpha value is -3.98. The van der Waals surface area contributed by atoms with Gasteiger partial charge in [0.05, 0.1) is 24.7 Å².